The third-order valence-corrected chi connectivity index (χ3v) is 3.16. The molecule has 2 aromatic heterocycles. The Hall–Kier alpha value is -1.62. The summed E-state index contributed by atoms with van der Waals surface area (Å²) in [6, 6.07) is 7.33. The Morgan fingerprint density at radius 1 is 1.44 bits per heavy atom. The molecule has 0 saturated heterocycles. The third kappa shape index (κ3) is 2.79. The van der Waals surface area contributed by atoms with Gasteiger partial charge < -0.3 is 9.88 Å². The molecule has 0 radical (unpaired) electrons. The first-order valence-electron chi connectivity index (χ1n) is 5.79. The van der Waals surface area contributed by atoms with Crippen LogP contribution in [0, 0.1) is 0 Å². The molecule has 0 aliphatic carbocycles. The van der Waals surface area contributed by atoms with Crippen molar-refractivity contribution in [1.29, 1.82) is 0 Å². The summed E-state index contributed by atoms with van der Waals surface area (Å²) in [7, 11) is 0. The van der Waals surface area contributed by atoms with E-state index in [0.29, 0.717) is 11.5 Å². The SMILES string of the molecule is CCCn1cccc1C(=O)Nc1ncccc1Br. The van der Waals surface area contributed by atoms with E-state index in [9.17, 15) is 4.79 Å². The van der Waals surface area contributed by atoms with Crippen molar-refractivity contribution < 1.29 is 4.79 Å². The average molecular weight is 308 g/mol. The van der Waals surface area contributed by atoms with Crippen LogP contribution in [0.4, 0.5) is 5.82 Å². The largest absolute Gasteiger partial charge is 0.344 e. The molecule has 2 aromatic rings. The number of carbonyl (C=O) groups is 1. The zero-order valence-corrected chi connectivity index (χ0v) is 11.6. The molecule has 0 saturated carbocycles. The third-order valence-electron chi connectivity index (χ3n) is 2.52. The van der Waals surface area contributed by atoms with Gasteiger partial charge in [-0.2, -0.15) is 0 Å². The van der Waals surface area contributed by atoms with Crippen LogP contribution in [0.15, 0.2) is 41.1 Å². The number of halogens is 1. The van der Waals surface area contributed by atoms with Crippen LogP contribution >= 0.6 is 15.9 Å². The van der Waals surface area contributed by atoms with Gasteiger partial charge in [0.1, 0.15) is 11.5 Å². The van der Waals surface area contributed by atoms with Crippen molar-refractivity contribution in [3.8, 4) is 0 Å². The zero-order chi connectivity index (χ0) is 13.0. The highest BCUT2D eigenvalue weighted by atomic mass is 79.9. The molecule has 0 unspecified atom stereocenters. The van der Waals surface area contributed by atoms with E-state index in [1.165, 1.54) is 0 Å². The molecule has 0 fully saturated rings. The van der Waals surface area contributed by atoms with Crippen LogP contribution in [-0.2, 0) is 6.54 Å². The van der Waals surface area contributed by atoms with Crippen LogP contribution in [0.3, 0.4) is 0 Å². The number of nitrogens with one attached hydrogen (secondary N) is 1. The first-order valence-corrected chi connectivity index (χ1v) is 6.58. The topological polar surface area (TPSA) is 46.9 Å². The predicted molar refractivity (Wildman–Crippen MR) is 74.6 cm³/mol. The fourth-order valence-electron chi connectivity index (χ4n) is 1.71. The van der Waals surface area contributed by atoms with Crippen LogP contribution < -0.4 is 5.32 Å². The highest BCUT2D eigenvalue weighted by Gasteiger charge is 2.12. The number of pyridine rings is 1. The lowest BCUT2D eigenvalue weighted by atomic mass is 10.3. The molecule has 18 heavy (non-hydrogen) atoms. The Morgan fingerprint density at radius 3 is 3.00 bits per heavy atom. The van der Waals surface area contributed by atoms with Crippen molar-refractivity contribution in [3.63, 3.8) is 0 Å². The van der Waals surface area contributed by atoms with Crippen molar-refractivity contribution in [3.05, 3.63) is 46.8 Å². The average Bonchev–Trinajstić information content (AvgIpc) is 2.81. The van der Waals surface area contributed by atoms with Crippen LogP contribution in [0.5, 0.6) is 0 Å². The van der Waals surface area contributed by atoms with Gasteiger partial charge in [-0.1, -0.05) is 6.92 Å². The number of hydrogen-bond donors (Lipinski definition) is 1. The molecule has 2 rings (SSSR count). The summed E-state index contributed by atoms with van der Waals surface area (Å²) in [4.78, 5) is 16.2. The molecule has 0 aliphatic heterocycles. The van der Waals surface area contributed by atoms with Crippen molar-refractivity contribution in [2.45, 2.75) is 19.9 Å². The molecule has 0 bridgehead atoms. The van der Waals surface area contributed by atoms with E-state index >= 15 is 0 Å². The number of nitrogens with zero attached hydrogens (tertiary/aromatic N) is 2. The molecule has 0 atom stereocenters. The van der Waals surface area contributed by atoms with Gasteiger partial charge in [0.25, 0.3) is 5.91 Å². The number of anilines is 1. The number of carbonyl (C=O) groups excluding carboxylic acids is 1. The normalized spacial score (nSPS) is 10.3. The fraction of sp³-hybridized carbons (Fsp3) is 0.231. The number of rotatable bonds is 4. The Morgan fingerprint density at radius 2 is 2.28 bits per heavy atom. The minimum Gasteiger partial charge on any atom is -0.344 e. The van der Waals surface area contributed by atoms with E-state index in [0.717, 1.165) is 17.4 Å². The number of aromatic nitrogens is 2. The summed E-state index contributed by atoms with van der Waals surface area (Å²) >= 11 is 3.35. The standard InChI is InChI=1S/C13H14BrN3O/c1-2-8-17-9-4-6-11(17)13(18)16-12-10(14)5-3-7-15-12/h3-7,9H,2,8H2,1H3,(H,15,16,18). The van der Waals surface area contributed by atoms with E-state index in [2.05, 4.69) is 33.2 Å². The molecule has 2 heterocycles. The van der Waals surface area contributed by atoms with Crippen molar-refractivity contribution in [2.24, 2.45) is 0 Å². The fourth-order valence-corrected chi connectivity index (χ4v) is 2.06. The number of amides is 1. The molecule has 0 spiro atoms. The second kappa shape index (κ2) is 5.82. The molecule has 0 aromatic carbocycles. The van der Waals surface area contributed by atoms with Crippen molar-refractivity contribution in [2.75, 3.05) is 5.32 Å². The molecule has 0 aliphatic rings. The molecule has 1 N–H and O–H groups in total. The maximum Gasteiger partial charge on any atom is 0.273 e. The minimum absolute atomic E-state index is 0.146. The first-order chi connectivity index (χ1) is 8.72. The van der Waals surface area contributed by atoms with Crippen molar-refractivity contribution >= 4 is 27.7 Å². The zero-order valence-electron chi connectivity index (χ0n) is 10.1. The smallest absolute Gasteiger partial charge is 0.273 e. The second-order valence-corrected chi connectivity index (χ2v) is 4.73. The summed E-state index contributed by atoms with van der Waals surface area (Å²) in [5.74, 6) is 0.389. The number of aryl methyl sites for hydroxylation is 1. The maximum absolute atomic E-state index is 12.1. The van der Waals surface area contributed by atoms with E-state index in [4.69, 9.17) is 0 Å². The van der Waals surface area contributed by atoms with Gasteiger partial charge in [-0.25, -0.2) is 4.98 Å². The van der Waals surface area contributed by atoms with Gasteiger partial charge in [0.15, 0.2) is 0 Å². The van der Waals surface area contributed by atoms with Crippen LogP contribution in [0.2, 0.25) is 0 Å². The first kappa shape index (κ1) is 12.8. The molecular weight excluding hydrogens is 294 g/mol. The highest BCUT2D eigenvalue weighted by molar-refractivity contribution is 9.10. The van der Waals surface area contributed by atoms with E-state index < -0.39 is 0 Å². The molecule has 1 amide bonds. The lowest BCUT2D eigenvalue weighted by molar-refractivity contribution is 0.101. The summed E-state index contributed by atoms with van der Waals surface area (Å²) in [5, 5.41) is 2.79. The van der Waals surface area contributed by atoms with Gasteiger partial charge in [0.05, 0.1) is 4.47 Å². The monoisotopic (exact) mass is 307 g/mol. The lowest BCUT2D eigenvalue weighted by Gasteiger charge is -2.09. The minimum atomic E-state index is -0.146. The summed E-state index contributed by atoms with van der Waals surface area (Å²) in [5.41, 5.74) is 0.648. The van der Waals surface area contributed by atoms with Gasteiger partial charge in [0, 0.05) is 18.9 Å². The Balaban J connectivity index is 2.17. The highest BCUT2D eigenvalue weighted by Crippen LogP contribution is 2.19. The maximum atomic E-state index is 12.1. The van der Waals surface area contributed by atoms with Crippen LogP contribution in [0.25, 0.3) is 0 Å². The van der Waals surface area contributed by atoms with Gasteiger partial charge in [0.2, 0.25) is 0 Å². The summed E-state index contributed by atoms with van der Waals surface area (Å²) in [6.07, 6.45) is 4.54. The Labute approximate surface area is 114 Å². The van der Waals surface area contributed by atoms with Crippen LogP contribution in [-0.4, -0.2) is 15.5 Å². The molecule has 94 valence electrons. The Kier molecular flexibility index (Phi) is 4.15. The molecule has 5 heteroatoms. The number of hydrogen-bond acceptors (Lipinski definition) is 2. The van der Waals surface area contributed by atoms with E-state index in [1.807, 2.05) is 29.0 Å². The summed E-state index contributed by atoms with van der Waals surface area (Å²) < 4.78 is 2.71. The quantitative estimate of drug-likeness (QED) is 0.942. The second-order valence-electron chi connectivity index (χ2n) is 3.87. The van der Waals surface area contributed by atoms with Gasteiger partial charge in [-0.05, 0) is 46.6 Å². The lowest BCUT2D eigenvalue weighted by Crippen LogP contribution is -2.17. The Bertz CT molecular complexity index is 551. The van der Waals surface area contributed by atoms with Crippen molar-refractivity contribution in [1.82, 2.24) is 9.55 Å². The van der Waals surface area contributed by atoms with E-state index in [-0.39, 0.29) is 5.91 Å². The van der Waals surface area contributed by atoms with Crippen LogP contribution in [0.1, 0.15) is 23.8 Å². The predicted octanol–water partition coefficient (Wildman–Crippen LogP) is 3.31. The molecule has 4 nitrogen and oxygen atoms in total. The van der Waals surface area contributed by atoms with Gasteiger partial charge in [-0.15, -0.1) is 0 Å². The summed E-state index contributed by atoms with van der Waals surface area (Å²) in [6.45, 7) is 2.91. The van der Waals surface area contributed by atoms with Gasteiger partial charge >= 0.3 is 0 Å². The van der Waals surface area contributed by atoms with Gasteiger partial charge in [-0.3, -0.25) is 4.79 Å². The van der Waals surface area contributed by atoms with E-state index in [1.54, 1.807) is 12.3 Å². The molecular formula is C13H14BrN3O.